The van der Waals surface area contributed by atoms with Crippen LogP contribution in [-0.4, -0.2) is 5.78 Å². The molecule has 1 heterocycles. The van der Waals surface area contributed by atoms with Crippen molar-refractivity contribution in [2.75, 3.05) is 0 Å². The molecule has 1 saturated carbocycles. The standard InChI is InChI=1S/C18H22O2/c1-12-4-5-15-14(10-12)11-16(20-15)17(19)13-6-8-18(2,3)9-7-13/h4-5,10-11,13H,6-9H2,1-3H3. The topological polar surface area (TPSA) is 30.2 Å². The molecule has 2 nitrogen and oxygen atoms in total. The van der Waals surface area contributed by atoms with Crippen molar-refractivity contribution >= 4 is 16.8 Å². The molecule has 106 valence electrons. The van der Waals surface area contributed by atoms with E-state index in [-0.39, 0.29) is 11.7 Å². The first-order valence-electron chi connectivity index (χ1n) is 7.49. The molecule has 0 atom stereocenters. The maximum atomic E-state index is 12.6. The molecular weight excluding hydrogens is 248 g/mol. The molecule has 0 aliphatic heterocycles. The van der Waals surface area contributed by atoms with Gasteiger partial charge in [-0.05, 0) is 56.2 Å². The smallest absolute Gasteiger partial charge is 0.201 e. The molecule has 0 spiro atoms. The van der Waals surface area contributed by atoms with Gasteiger partial charge in [-0.1, -0.05) is 25.5 Å². The predicted octanol–water partition coefficient (Wildman–Crippen LogP) is 5.14. The molecule has 1 aliphatic rings. The second-order valence-electron chi connectivity index (χ2n) is 6.95. The molecular formula is C18H22O2. The number of ketones is 1. The van der Waals surface area contributed by atoms with Crippen molar-refractivity contribution in [3.05, 3.63) is 35.6 Å². The molecule has 1 aromatic heterocycles. The van der Waals surface area contributed by atoms with E-state index >= 15 is 0 Å². The minimum absolute atomic E-state index is 0.143. The molecule has 2 heteroatoms. The van der Waals surface area contributed by atoms with Crippen LogP contribution in [0, 0.1) is 18.3 Å². The number of rotatable bonds is 2. The minimum Gasteiger partial charge on any atom is -0.453 e. The molecule has 0 N–H and O–H groups in total. The van der Waals surface area contributed by atoms with Gasteiger partial charge in [-0.3, -0.25) is 4.79 Å². The zero-order chi connectivity index (χ0) is 14.3. The summed E-state index contributed by atoms with van der Waals surface area (Å²) in [6.07, 6.45) is 4.23. The van der Waals surface area contributed by atoms with E-state index in [0.29, 0.717) is 11.2 Å². The number of Topliss-reactive ketones (excluding diaryl/α,β-unsaturated/α-hetero) is 1. The fraction of sp³-hybridized carbons (Fsp3) is 0.500. The van der Waals surface area contributed by atoms with Crippen molar-refractivity contribution in [3.63, 3.8) is 0 Å². The van der Waals surface area contributed by atoms with Crippen LogP contribution in [0.1, 0.15) is 55.6 Å². The molecule has 1 fully saturated rings. The maximum absolute atomic E-state index is 12.6. The van der Waals surface area contributed by atoms with Gasteiger partial charge in [0.1, 0.15) is 5.58 Å². The molecule has 0 saturated heterocycles. The van der Waals surface area contributed by atoms with Gasteiger partial charge in [0.15, 0.2) is 5.76 Å². The minimum atomic E-state index is 0.143. The second kappa shape index (κ2) is 4.76. The number of carbonyl (C=O) groups excluding carboxylic acids is 1. The average molecular weight is 270 g/mol. The Balaban J connectivity index is 1.82. The highest BCUT2D eigenvalue weighted by atomic mass is 16.3. The zero-order valence-corrected chi connectivity index (χ0v) is 12.5. The largest absolute Gasteiger partial charge is 0.453 e. The zero-order valence-electron chi connectivity index (χ0n) is 12.5. The molecule has 1 aromatic carbocycles. The fourth-order valence-corrected chi connectivity index (χ4v) is 3.15. The first-order valence-corrected chi connectivity index (χ1v) is 7.49. The molecule has 0 bridgehead atoms. The number of aryl methyl sites for hydroxylation is 1. The van der Waals surface area contributed by atoms with E-state index < -0.39 is 0 Å². The number of furan rings is 1. The third kappa shape index (κ3) is 2.52. The van der Waals surface area contributed by atoms with Gasteiger partial charge in [0.2, 0.25) is 5.78 Å². The summed E-state index contributed by atoms with van der Waals surface area (Å²) in [6, 6.07) is 7.94. The second-order valence-corrected chi connectivity index (χ2v) is 6.95. The van der Waals surface area contributed by atoms with Gasteiger partial charge < -0.3 is 4.42 Å². The molecule has 2 aromatic rings. The van der Waals surface area contributed by atoms with Gasteiger partial charge in [-0.25, -0.2) is 0 Å². The highest BCUT2D eigenvalue weighted by Gasteiger charge is 2.32. The van der Waals surface area contributed by atoms with Crippen LogP contribution in [0.15, 0.2) is 28.7 Å². The Labute approximate surface area is 120 Å². The SMILES string of the molecule is Cc1ccc2oc(C(=O)C3CCC(C)(C)CC3)cc2c1. The third-order valence-corrected chi connectivity index (χ3v) is 4.62. The van der Waals surface area contributed by atoms with Crippen LogP contribution >= 0.6 is 0 Å². The lowest BCUT2D eigenvalue weighted by Crippen LogP contribution is -2.26. The molecule has 1 aliphatic carbocycles. The van der Waals surface area contributed by atoms with E-state index in [2.05, 4.69) is 26.8 Å². The van der Waals surface area contributed by atoms with E-state index in [1.54, 1.807) is 0 Å². The molecule has 3 rings (SSSR count). The average Bonchev–Trinajstić information content (AvgIpc) is 2.80. The summed E-state index contributed by atoms with van der Waals surface area (Å²) < 4.78 is 5.74. The summed E-state index contributed by atoms with van der Waals surface area (Å²) in [5.74, 6) is 0.870. The normalized spacial score (nSPS) is 19.4. The highest BCUT2D eigenvalue weighted by Crippen LogP contribution is 2.39. The summed E-state index contributed by atoms with van der Waals surface area (Å²) in [5.41, 5.74) is 2.40. The van der Waals surface area contributed by atoms with Gasteiger partial charge in [-0.15, -0.1) is 0 Å². The Morgan fingerprint density at radius 3 is 2.60 bits per heavy atom. The summed E-state index contributed by atoms with van der Waals surface area (Å²) in [5, 5.41) is 1.03. The van der Waals surface area contributed by atoms with E-state index in [1.165, 1.54) is 5.56 Å². The Kier molecular flexibility index (Phi) is 3.19. The summed E-state index contributed by atoms with van der Waals surface area (Å²) in [6.45, 7) is 6.63. The molecule has 20 heavy (non-hydrogen) atoms. The first-order chi connectivity index (χ1) is 9.44. The third-order valence-electron chi connectivity index (χ3n) is 4.62. The van der Waals surface area contributed by atoms with Crippen molar-refractivity contribution in [1.29, 1.82) is 0 Å². The number of carbonyl (C=O) groups is 1. The summed E-state index contributed by atoms with van der Waals surface area (Å²) >= 11 is 0. The van der Waals surface area contributed by atoms with E-state index in [4.69, 9.17) is 4.42 Å². The molecule has 0 amide bonds. The van der Waals surface area contributed by atoms with Crippen LogP contribution in [-0.2, 0) is 0 Å². The van der Waals surface area contributed by atoms with Gasteiger partial charge in [0.25, 0.3) is 0 Å². The molecule has 0 unspecified atom stereocenters. The van der Waals surface area contributed by atoms with E-state index in [0.717, 1.165) is 36.7 Å². The van der Waals surface area contributed by atoms with Gasteiger partial charge in [-0.2, -0.15) is 0 Å². The maximum Gasteiger partial charge on any atom is 0.201 e. The summed E-state index contributed by atoms with van der Waals surface area (Å²) in [4.78, 5) is 12.6. The Morgan fingerprint density at radius 2 is 1.90 bits per heavy atom. The van der Waals surface area contributed by atoms with Crippen LogP contribution in [0.5, 0.6) is 0 Å². The van der Waals surface area contributed by atoms with Crippen LogP contribution in [0.3, 0.4) is 0 Å². The van der Waals surface area contributed by atoms with Gasteiger partial charge >= 0.3 is 0 Å². The fourth-order valence-electron chi connectivity index (χ4n) is 3.15. The summed E-state index contributed by atoms with van der Waals surface area (Å²) in [7, 11) is 0. The van der Waals surface area contributed by atoms with E-state index in [9.17, 15) is 4.79 Å². The molecule has 0 radical (unpaired) electrons. The number of hydrogen-bond acceptors (Lipinski definition) is 2. The van der Waals surface area contributed by atoms with Crippen molar-refractivity contribution in [1.82, 2.24) is 0 Å². The first kappa shape index (κ1) is 13.4. The monoisotopic (exact) mass is 270 g/mol. The van der Waals surface area contributed by atoms with Gasteiger partial charge in [0.05, 0.1) is 0 Å². The van der Waals surface area contributed by atoms with Crippen LogP contribution in [0.2, 0.25) is 0 Å². The number of benzene rings is 1. The van der Waals surface area contributed by atoms with Crippen molar-refractivity contribution in [3.8, 4) is 0 Å². The Bertz CT molecular complexity index is 638. The highest BCUT2D eigenvalue weighted by molar-refractivity contribution is 5.99. The van der Waals surface area contributed by atoms with Crippen LogP contribution in [0.25, 0.3) is 11.0 Å². The van der Waals surface area contributed by atoms with Gasteiger partial charge in [0, 0.05) is 11.3 Å². The van der Waals surface area contributed by atoms with Crippen LogP contribution in [0.4, 0.5) is 0 Å². The Morgan fingerprint density at radius 1 is 1.20 bits per heavy atom. The Hall–Kier alpha value is -1.57. The van der Waals surface area contributed by atoms with Crippen molar-refractivity contribution < 1.29 is 9.21 Å². The number of fused-ring (bicyclic) bond motifs is 1. The lowest BCUT2D eigenvalue weighted by atomic mass is 9.72. The van der Waals surface area contributed by atoms with Crippen LogP contribution < -0.4 is 0 Å². The van der Waals surface area contributed by atoms with E-state index in [1.807, 2.05) is 18.2 Å². The lowest BCUT2D eigenvalue weighted by molar-refractivity contribution is 0.0811. The quantitative estimate of drug-likeness (QED) is 0.707. The van der Waals surface area contributed by atoms with Crippen molar-refractivity contribution in [2.45, 2.75) is 46.5 Å². The number of hydrogen-bond donors (Lipinski definition) is 0. The predicted molar refractivity (Wildman–Crippen MR) is 81.0 cm³/mol. The lowest BCUT2D eigenvalue weighted by Gasteiger charge is -2.33. The van der Waals surface area contributed by atoms with Crippen molar-refractivity contribution in [2.24, 2.45) is 11.3 Å².